The van der Waals surface area contributed by atoms with Gasteiger partial charge in [0.1, 0.15) is 0 Å². The molecule has 10 nitrogen and oxygen atoms in total. The number of fused-ring (bicyclic) bond motifs is 3. The molecule has 2 atom stereocenters. The molecule has 3 heterocycles. The molecule has 2 aromatic rings. The highest BCUT2D eigenvalue weighted by Crippen LogP contribution is 2.38. The summed E-state index contributed by atoms with van der Waals surface area (Å²) in [6, 6.07) is 7.26. The molecule has 174 valence electrons. The van der Waals surface area contributed by atoms with Crippen molar-refractivity contribution in [3.05, 3.63) is 52.1 Å². The molecule has 2 aliphatic heterocycles. The second-order valence-corrected chi connectivity index (χ2v) is 8.97. The molecule has 33 heavy (non-hydrogen) atoms. The number of carboxylic acid groups (broad SMARTS) is 1. The Balaban J connectivity index is 1.87. The van der Waals surface area contributed by atoms with Gasteiger partial charge < -0.3 is 25.1 Å². The average molecular weight is 453 g/mol. The van der Waals surface area contributed by atoms with Crippen LogP contribution in [0.1, 0.15) is 51.3 Å². The van der Waals surface area contributed by atoms with Crippen LogP contribution >= 0.6 is 0 Å². The van der Waals surface area contributed by atoms with Crippen LogP contribution in [0.4, 0.5) is 0 Å². The van der Waals surface area contributed by atoms with E-state index >= 15 is 0 Å². The number of rotatable bonds is 6. The number of allylic oxidation sites excluding steroid dienone is 2. The van der Waals surface area contributed by atoms with Gasteiger partial charge in [0.05, 0.1) is 11.0 Å². The van der Waals surface area contributed by atoms with Crippen molar-refractivity contribution < 1.29 is 19.5 Å². The predicted octanol–water partition coefficient (Wildman–Crippen LogP) is 1.78. The van der Waals surface area contributed by atoms with Gasteiger partial charge in [-0.25, -0.2) is 9.78 Å². The number of carbonyl (C=O) groups excluding carboxylic acids is 1. The summed E-state index contributed by atoms with van der Waals surface area (Å²) >= 11 is 0. The van der Waals surface area contributed by atoms with Crippen molar-refractivity contribution in [2.75, 3.05) is 7.05 Å². The Kier molecular flexibility index (Phi) is 5.69. The van der Waals surface area contributed by atoms with Gasteiger partial charge in [0.15, 0.2) is 5.69 Å². The molecule has 10 heteroatoms. The first-order valence-electron chi connectivity index (χ1n) is 10.8. The lowest BCUT2D eigenvalue weighted by molar-refractivity contribution is -0.140. The zero-order valence-corrected chi connectivity index (χ0v) is 18.8. The molecule has 1 fully saturated rings. The summed E-state index contributed by atoms with van der Waals surface area (Å²) in [4.78, 5) is 49.0. The van der Waals surface area contributed by atoms with Gasteiger partial charge in [-0.2, -0.15) is 0 Å². The molecule has 2 bridgehead atoms. The number of piperidine rings is 1. The standard InChI is InChI=1S/C23H27N5O5/c1-23(2,22(24)32)33-26-19(21(30)31)18-20(29)28(17-10-5-4-9-16(17)25-18)15-11-13-7-6-8-14(12-15)27(13)3/h4-5,7,9-10,14-15H,6,8,11-12H2,1-3H3,(H2,24,32)(H,30,31)/b26-19-/t14-,15?/m0/s1. The number of aliphatic carboxylic acids is 1. The summed E-state index contributed by atoms with van der Waals surface area (Å²) in [7, 11) is 2.07. The fourth-order valence-electron chi connectivity index (χ4n) is 4.41. The number of nitrogens with two attached hydrogens (primary N) is 1. The first-order chi connectivity index (χ1) is 15.6. The lowest BCUT2D eigenvalue weighted by atomic mass is 9.87. The number of carboxylic acids is 1. The van der Waals surface area contributed by atoms with Crippen molar-refractivity contribution in [3.63, 3.8) is 0 Å². The number of carbonyl (C=O) groups is 2. The smallest absolute Gasteiger partial charge is 0.360 e. The van der Waals surface area contributed by atoms with E-state index in [0.717, 1.165) is 19.3 Å². The molecule has 0 spiro atoms. The summed E-state index contributed by atoms with van der Waals surface area (Å²) in [6.45, 7) is 2.71. The van der Waals surface area contributed by atoms with E-state index in [-0.39, 0.29) is 11.7 Å². The van der Waals surface area contributed by atoms with Gasteiger partial charge in [0.25, 0.3) is 11.5 Å². The fourth-order valence-corrected chi connectivity index (χ4v) is 4.41. The number of benzene rings is 1. The van der Waals surface area contributed by atoms with E-state index in [4.69, 9.17) is 10.6 Å². The molecule has 3 N–H and O–H groups in total. The van der Waals surface area contributed by atoms with Crippen LogP contribution in [0, 0.1) is 0 Å². The highest BCUT2D eigenvalue weighted by molar-refractivity contribution is 6.41. The van der Waals surface area contributed by atoms with Gasteiger partial charge >= 0.3 is 5.97 Å². The Morgan fingerprint density at radius 2 is 2.00 bits per heavy atom. The highest BCUT2D eigenvalue weighted by Gasteiger charge is 2.35. The Hall–Kier alpha value is -3.69. The Morgan fingerprint density at radius 3 is 2.67 bits per heavy atom. The molecule has 0 saturated carbocycles. The van der Waals surface area contributed by atoms with Crippen LogP contribution in [0.3, 0.4) is 0 Å². The lowest BCUT2D eigenvalue weighted by Crippen LogP contribution is -2.44. The van der Waals surface area contributed by atoms with E-state index in [2.05, 4.69) is 28.2 Å². The number of hydrogen-bond acceptors (Lipinski definition) is 7. The molecular weight excluding hydrogens is 426 g/mol. The van der Waals surface area contributed by atoms with Gasteiger partial charge in [-0.05, 0) is 45.2 Å². The minimum Gasteiger partial charge on any atom is -0.476 e. The monoisotopic (exact) mass is 453 g/mol. The van der Waals surface area contributed by atoms with Crippen molar-refractivity contribution in [1.29, 1.82) is 0 Å². The number of primary amides is 1. The Morgan fingerprint density at radius 1 is 1.27 bits per heavy atom. The SMILES string of the molecule is CN1C2=CCC[C@H]1CC(n1c(=O)c(/C(=N/OC(C)(C)C(N)=O)C(=O)O)nc3ccccc31)C2. The third-order valence-electron chi connectivity index (χ3n) is 6.41. The highest BCUT2D eigenvalue weighted by atomic mass is 16.7. The van der Waals surface area contributed by atoms with Crippen molar-refractivity contribution in [3.8, 4) is 0 Å². The lowest BCUT2D eigenvalue weighted by Gasteiger charge is -2.44. The van der Waals surface area contributed by atoms with Crippen molar-refractivity contribution in [2.24, 2.45) is 10.9 Å². The summed E-state index contributed by atoms with van der Waals surface area (Å²) in [5, 5.41) is 13.4. The number of oxime groups is 1. The van der Waals surface area contributed by atoms with E-state index in [1.165, 1.54) is 19.5 Å². The Labute approximate surface area is 190 Å². The van der Waals surface area contributed by atoms with Gasteiger partial charge in [0, 0.05) is 31.2 Å². The third kappa shape index (κ3) is 4.08. The largest absolute Gasteiger partial charge is 0.476 e. The van der Waals surface area contributed by atoms with Crippen LogP contribution in [0.25, 0.3) is 11.0 Å². The normalized spacial score (nSPS) is 21.0. The first-order valence-corrected chi connectivity index (χ1v) is 10.8. The van der Waals surface area contributed by atoms with Crippen LogP contribution in [0.2, 0.25) is 0 Å². The van der Waals surface area contributed by atoms with Crippen molar-refractivity contribution in [1.82, 2.24) is 14.5 Å². The number of aromatic nitrogens is 2. The maximum absolute atomic E-state index is 13.7. The van der Waals surface area contributed by atoms with Crippen LogP contribution in [-0.2, 0) is 14.4 Å². The van der Waals surface area contributed by atoms with E-state index in [0.29, 0.717) is 23.5 Å². The minimum absolute atomic E-state index is 0.157. The summed E-state index contributed by atoms with van der Waals surface area (Å²) in [6.07, 6.45) is 5.62. The molecule has 1 saturated heterocycles. The van der Waals surface area contributed by atoms with Gasteiger partial charge in [-0.1, -0.05) is 23.4 Å². The second-order valence-electron chi connectivity index (χ2n) is 8.97. The third-order valence-corrected chi connectivity index (χ3v) is 6.41. The topological polar surface area (TPSA) is 140 Å². The van der Waals surface area contributed by atoms with Crippen LogP contribution in [0.15, 0.2) is 46.0 Å². The molecule has 1 unspecified atom stereocenters. The van der Waals surface area contributed by atoms with Crippen LogP contribution < -0.4 is 11.3 Å². The summed E-state index contributed by atoms with van der Waals surface area (Å²) in [5.41, 5.74) is 4.40. The molecule has 2 aliphatic rings. The number of hydrogen-bond donors (Lipinski definition) is 2. The predicted molar refractivity (Wildman–Crippen MR) is 122 cm³/mol. The first kappa shape index (κ1) is 22.5. The van der Waals surface area contributed by atoms with E-state index in [1.807, 2.05) is 6.07 Å². The molecule has 1 aromatic heterocycles. The zero-order valence-electron chi connectivity index (χ0n) is 18.8. The molecule has 0 radical (unpaired) electrons. The number of para-hydroxylation sites is 2. The molecule has 1 aromatic carbocycles. The Bertz CT molecular complexity index is 1250. The summed E-state index contributed by atoms with van der Waals surface area (Å²) in [5.74, 6) is -2.32. The zero-order chi connectivity index (χ0) is 23.9. The van der Waals surface area contributed by atoms with Gasteiger partial charge in [0.2, 0.25) is 11.3 Å². The van der Waals surface area contributed by atoms with E-state index < -0.39 is 28.7 Å². The second kappa shape index (κ2) is 8.34. The van der Waals surface area contributed by atoms with Crippen LogP contribution in [-0.4, -0.2) is 55.8 Å². The van der Waals surface area contributed by atoms with Gasteiger partial charge in [-0.15, -0.1) is 0 Å². The maximum atomic E-state index is 13.7. The van der Waals surface area contributed by atoms with Crippen LogP contribution in [0.5, 0.6) is 0 Å². The summed E-state index contributed by atoms with van der Waals surface area (Å²) < 4.78 is 1.63. The van der Waals surface area contributed by atoms with Crippen molar-refractivity contribution in [2.45, 2.75) is 57.2 Å². The molecule has 1 amide bonds. The molecule has 4 rings (SSSR count). The average Bonchev–Trinajstić information content (AvgIpc) is 2.74. The number of amides is 1. The quantitative estimate of drug-likeness (QED) is 0.502. The molecular formula is C23H27N5O5. The number of nitrogens with zero attached hydrogens (tertiary/aromatic N) is 4. The van der Waals surface area contributed by atoms with E-state index in [9.17, 15) is 19.5 Å². The van der Waals surface area contributed by atoms with Crippen molar-refractivity contribution >= 4 is 28.6 Å². The minimum atomic E-state index is -1.56. The fraction of sp³-hybridized carbons (Fsp3) is 0.435. The maximum Gasteiger partial charge on any atom is 0.360 e. The van der Waals surface area contributed by atoms with E-state index in [1.54, 1.807) is 22.8 Å². The molecule has 0 aliphatic carbocycles. The van der Waals surface area contributed by atoms with Gasteiger partial charge in [-0.3, -0.25) is 9.59 Å².